The van der Waals surface area contributed by atoms with Crippen molar-refractivity contribution in [2.45, 2.75) is 32.1 Å². The molecule has 2 bridgehead atoms. The van der Waals surface area contributed by atoms with Gasteiger partial charge in [0.1, 0.15) is 5.39 Å². The predicted molar refractivity (Wildman–Crippen MR) is 76.6 cm³/mol. The van der Waals surface area contributed by atoms with Gasteiger partial charge in [0.2, 0.25) is 5.95 Å². The Morgan fingerprint density at radius 2 is 2.15 bits per heavy atom. The van der Waals surface area contributed by atoms with Gasteiger partial charge in [-0.2, -0.15) is 10.1 Å². The molecule has 3 aliphatic rings. The summed E-state index contributed by atoms with van der Waals surface area (Å²) in [7, 11) is 0. The number of nitrogens with zero attached hydrogens (tertiary/aromatic N) is 2. The Morgan fingerprint density at radius 1 is 1.30 bits per heavy atom. The van der Waals surface area contributed by atoms with Crippen molar-refractivity contribution in [2.24, 2.45) is 17.8 Å². The van der Waals surface area contributed by atoms with E-state index in [0.29, 0.717) is 17.0 Å². The van der Waals surface area contributed by atoms with Crippen molar-refractivity contribution in [2.75, 3.05) is 11.9 Å². The van der Waals surface area contributed by atoms with Crippen LogP contribution < -0.4 is 10.9 Å². The number of hydrogen-bond donors (Lipinski definition) is 3. The van der Waals surface area contributed by atoms with Crippen molar-refractivity contribution in [1.29, 1.82) is 0 Å². The molecule has 2 aromatic rings. The fraction of sp³-hybridized carbons (Fsp3) is 0.643. The first-order valence-electron chi connectivity index (χ1n) is 7.47. The lowest BCUT2D eigenvalue weighted by Crippen LogP contribution is -2.35. The first-order valence-corrected chi connectivity index (χ1v) is 7.47. The highest BCUT2D eigenvalue weighted by atomic mass is 16.1. The minimum Gasteiger partial charge on any atom is -0.355 e. The van der Waals surface area contributed by atoms with Crippen LogP contribution >= 0.6 is 0 Å². The number of nitrogens with one attached hydrogen (secondary N) is 3. The average Bonchev–Trinajstić information content (AvgIpc) is 2.95. The molecule has 2 aromatic heterocycles. The smallest absolute Gasteiger partial charge is 0.263 e. The van der Waals surface area contributed by atoms with E-state index in [-0.39, 0.29) is 5.56 Å². The van der Waals surface area contributed by atoms with Gasteiger partial charge in [-0.25, -0.2) is 0 Å². The van der Waals surface area contributed by atoms with Gasteiger partial charge in [-0.3, -0.25) is 14.9 Å². The number of aromatic amines is 2. The normalized spacial score (nSPS) is 28.9. The Hall–Kier alpha value is -1.85. The maximum absolute atomic E-state index is 11.8. The maximum atomic E-state index is 11.8. The Bertz CT molecular complexity index is 667. The van der Waals surface area contributed by atoms with Crippen LogP contribution in [0.25, 0.3) is 11.0 Å². The van der Waals surface area contributed by atoms with Gasteiger partial charge < -0.3 is 5.32 Å². The van der Waals surface area contributed by atoms with E-state index in [1.165, 1.54) is 38.3 Å². The molecule has 1 atom stereocenters. The highest BCUT2D eigenvalue weighted by molar-refractivity contribution is 5.73. The summed E-state index contributed by atoms with van der Waals surface area (Å²) in [6.07, 6.45) is 8.41. The molecule has 5 rings (SSSR count). The van der Waals surface area contributed by atoms with Crippen LogP contribution in [0.1, 0.15) is 32.1 Å². The zero-order valence-corrected chi connectivity index (χ0v) is 11.4. The molecular formula is C14H19N5O. The third-order valence-corrected chi connectivity index (χ3v) is 5.05. The van der Waals surface area contributed by atoms with Gasteiger partial charge in [0.15, 0.2) is 5.65 Å². The minimum atomic E-state index is -0.142. The predicted octanol–water partition coefficient (Wildman–Crippen LogP) is 1.88. The second-order valence-electron chi connectivity index (χ2n) is 6.20. The molecule has 0 aliphatic heterocycles. The summed E-state index contributed by atoms with van der Waals surface area (Å²) in [5.41, 5.74) is 0.401. The number of aromatic nitrogens is 4. The SMILES string of the molecule is O=c1[nH]c(NCC2CC3CCC2CC3)nc2[nH]ncc12. The van der Waals surface area contributed by atoms with E-state index in [2.05, 4.69) is 25.5 Å². The van der Waals surface area contributed by atoms with Crippen molar-refractivity contribution >= 4 is 17.0 Å². The molecule has 3 saturated carbocycles. The monoisotopic (exact) mass is 273 g/mol. The van der Waals surface area contributed by atoms with Gasteiger partial charge in [-0.15, -0.1) is 0 Å². The molecule has 0 amide bonds. The molecule has 1 unspecified atom stereocenters. The fourth-order valence-electron chi connectivity index (χ4n) is 3.92. The van der Waals surface area contributed by atoms with E-state index in [4.69, 9.17) is 0 Å². The lowest BCUT2D eigenvalue weighted by Gasteiger charge is -2.42. The van der Waals surface area contributed by atoms with Crippen LogP contribution in [-0.2, 0) is 0 Å². The van der Waals surface area contributed by atoms with Crippen LogP contribution in [0.15, 0.2) is 11.0 Å². The average molecular weight is 273 g/mol. The number of fused-ring (bicyclic) bond motifs is 4. The van der Waals surface area contributed by atoms with Crippen molar-refractivity contribution in [3.8, 4) is 0 Å². The van der Waals surface area contributed by atoms with Crippen LogP contribution in [-0.4, -0.2) is 26.7 Å². The molecule has 0 aromatic carbocycles. The van der Waals surface area contributed by atoms with Crippen LogP contribution in [0.4, 0.5) is 5.95 Å². The molecule has 3 aliphatic carbocycles. The van der Waals surface area contributed by atoms with Gasteiger partial charge in [0.25, 0.3) is 5.56 Å². The van der Waals surface area contributed by atoms with E-state index >= 15 is 0 Å². The van der Waals surface area contributed by atoms with E-state index in [9.17, 15) is 4.79 Å². The van der Waals surface area contributed by atoms with Crippen LogP contribution in [0.2, 0.25) is 0 Å². The third-order valence-electron chi connectivity index (χ3n) is 5.05. The van der Waals surface area contributed by atoms with Gasteiger partial charge in [0, 0.05) is 6.54 Å². The first kappa shape index (κ1) is 11.9. The molecule has 6 nitrogen and oxygen atoms in total. The third kappa shape index (κ3) is 1.99. The summed E-state index contributed by atoms with van der Waals surface area (Å²) in [5, 5.41) is 10.4. The summed E-state index contributed by atoms with van der Waals surface area (Å²) >= 11 is 0. The van der Waals surface area contributed by atoms with Crippen molar-refractivity contribution in [1.82, 2.24) is 20.2 Å². The molecule has 3 fully saturated rings. The quantitative estimate of drug-likeness (QED) is 0.797. The van der Waals surface area contributed by atoms with E-state index < -0.39 is 0 Å². The van der Waals surface area contributed by atoms with E-state index in [0.717, 1.165) is 24.3 Å². The van der Waals surface area contributed by atoms with Gasteiger partial charge >= 0.3 is 0 Å². The Kier molecular flexibility index (Phi) is 2.75. The van der Waals surface area contributed by atoms with Crippen molar-refractivity contribution in [3.05, 3.63) is 16.6 Å². The molecule has 0 radical (unpaired) electrons. The van der Waals surface area contributed by atoms with Gasteiger partial charge in [0.05, 0.1) is 6.20 Å². The van der Waals surface area contributed by atoms with Gasteiger partial charge in [-0.05, 0) is 37.0 Å². The highest BCUT2D eigenvalue weighted by Gasteiger charge is 2.35. The van der Waals surface area contributed by atoms with Crippen molar-refractivity contribution in [3.63, 3.8) is 0 Å². The number of anilines is 1. The molecule has 6 heteroatoms. The summed E-state index contributed by atoms with van der Waals surface area (Å²) in [5.74, 6) is 3.06. The number of rotatable bonds is 3. The van der Waals surface area contributed by atoms with Crippen LogP contribution in [0, 0.1) is 17.8 Å². The molecule has 2 heterocycles. The largest absolute Gasteiger partial charge is 0.355 e. The second kappa shape index (κ2) is 4.61. The standard InChI is InChI=1S/C14H19N5O/c20-13-11-7-16-19-12(11)17-14(18-13)15-6-10-5-8-1-3-9(10)4-2-8/h7-10H,1-6H2,(H3,15,16,17,18,19,20). The Balaban J connectivity index is 1.49. The van der Waals surface area contributed by atoms with Crippen molar-refractivity contribution < 1.29 is 0 Å². The van der Waals surface area contributed by atoms with Gasteiger partial charge in [-0.1, -0.05) is 12.8 Å². The lowest BCUT2D eigenvalue weighted by atomic mass is 9.65. The van der Waals surface area contributed by atoms with Crippen LogP contribution in [0.5, 0.6) is 0 Å². The lowest BCUT2D eigenvalue weighted by molar-refractivity contribution is 0.107. The maximum Gasteiger partial charge on any atom is 0.263 e. The zero-order valence-electron chi connectivity index (χ0n) is 11.4. The first-order chi connectivity index (χ1) is 9.79. The molecule has 20 heavy (non-hydrogen) atoms. The van der Waals surface area contributed by atoms with E-state index in [1.807, 2.05) is 0 Å². The molecule has 3 N–H and O–H groups in total. The minimum absolute atomic E-state index is 0.142. The molecule has 0 saturated heterocycles. The summed E-state index contributed by atoms with van der Waals surface area (Å²) in [6.45, 7) is 0.906. The van der Waals surface area contributed by atoms with E-state index in [1.54, 1.807) is 0 Å². The van der Waals surface area contributed by atoms with Crippen LogP contribution in [0.3, 0.4) is 0 Å². The number of H-pyrrole nitrogens is 2. The summed E-state index contributed by atoms with van der Waals surface area (Å²) in [6, 6.07) is 0. The Labute approximate surface area is 116 Å². The highest BCUT2D eigenvalue weighted by Crippen LogP contribution is 2.44. The second-order valence-corrected chi connectivity index (χ2v) is 6.20. The molecular weight excluding hydrogens is 254 g/mol. The summed E-state index contributed by atoms with van der Waals surface area (Å²) < 4.78 is 0. The molecule has 106 valence electrons. The zero-order chi connectivity index (χ0) is 13.5. The summed E-state index contributed by atoms with van der Waals surface area (Å²) in [4.78, 5) is 19.0. The fourth-order valence-corrected chi connectivity index (χ4v) is 3.92. The molecule has 0 spiro atoms. The number of hydrogen-bond acceptors (Lipinski definition) is 4. The topological polar surface area (TPSA) is 86.5 Å². The Morgan fingerprint density at radius 3 is 2.90 bits per heavy atom.